The molecule has 0 aromatic heterocycles. The van der Waals surface area contributed by atoms with Crippen LogP contribution in [0.15, 0.2) is 48.5 Å². The fraction of sp³-hybridized carbons (Fsp3) is 0.235. The number of benzene rings is 2. The Hall–Kier alpha value is -2.33. The van der Waals surface area contributed by atoms with E-state index < -0.39 is 0 Å². The zero-order chi connectivity index (χ0) is 15.2. The average Bonchev–Trinajstić information content (AvgIpc) is 2.48. The molecule has 0 amide bonds. The second-order valence-corrected chi connectivity index (χ2v) is 5.17. The van der Waals surface area contributed by atoms with Gasteiger partial charge in [0.05, 0.1) is 13.2 Å². The molecule has 0 heterocycles. The van der Waals surface area contributed by atoms with E-state index in [0.717, 1.165) is 16.7 Å². The predicted octanol–water partition coefficient (Wildman–Crippen LogP) is 2.75. The number of nitrogens with one attached hydrogen (secondary N) is 1. The van der Waals surface area contributed by atoms with Gasteiger partial charge < -0.3 is 15.4 Å². The van der Waals surface area contributed by atoms with Crippen LogP contribution >= 0.6 is 0 Å². The van der Waals surface area contributed by atoms with Gasteiger partial charge in [-0.2, -0.15) is 0 Å². The number of nitrogens with zero attached hydrogens (tertiary/aromatic N) is 1. The molecule has 110 valence electrons. The Morgan fingerprint density at radius 3 is 2.33 bits per heavy atom. The summed E-state index contributed by atoms with van der Waals surface area (Å²) in [4.78, 5) is 2.07. The summed E-state index contributed by atoms with van der Waals surface area (Å²) in [5.41, 5.74) is 9.54. The Morgan fingerprint density at radius 1 is 1.05 bits per heavy atom. The summed E-state index contributed by atoms with van der Waals surface area (Å²) in [5.74, 6) is 0.0797. The first-order valence-electron chi connectivity index (χ1n) is 6.83. The SMILES string of the molecule is CN(C)c1ccc(COCc2cccc(C(=N)N)c2)cc1. The zero-order valence-electron chi connectivity index (χ0n) is 12.5. The summed E-state index contributed by atoms with van der Waals surface area (Å²) in [6.45, 7) is 1.08. The van der Waals surface area contributed by atoms with E-state index in [1.165, 1.54) is 5.69 Å². The fourth-order valence-corrected chi connectivity index (χ4v) is 2.01. The van der Waals surface area contributed by atoms with Gasteiger partial charge in [-0.3, -0.25) is 5.41 Å². The van der Waals surface area contributed by atoms with Gasteiger partial charge in [0, 0.05) is 25.3 Å². The maximum Gasteiger partial charge on any atom is 0.122 e. The molecule has 0 bridgehead atoms. The number of hydrogen-bond acceptors (Lipinski definition) is 3. The maximum absolute atomic E-state index is 7.43. The Bertz CT molecular complexity index is 606. The van der Waals surface area contributed by atoms with Crippen LogP contribution in [0.4, 0.5) is 5.69 Å². The van der Waals surface area contributed by atoms with Crippen LogP contribution in [0.1, 0.15) is 16.7 Å². The molecule has 0 spiro atoms. The monoisotopic (exact) mass is 283 g/mol. The number of hydrogen-bond donors (Lipinski definition) is 2. The number of rotatable bonds is 6. The van der Waals surface area contributed by atoms with Gasteiger partial charge in [0.25, 0.3) is 0 Å². The lowest BCUT2D eigenvalue weighted by atomic mass is 10.1. The molecular formula is C17H21N3O. The minimum atomic E-state index is 0.0797. The van der Waals surface area contributed by atoms with E-state index >= 15 is 0 Å². The van der Waals surface area contributed by atoms with Gasteiger partial charge in [-0.1, -0.05) is 30.3 Å². The van der Waals surface area contributed by atoms with Crippen molar-refractivity contribution in [2.75, 3.05) is 19.0 Å². The number of nitrogen functional groups attached to an aromatic ring is 1. The first-order valence-corrected chi connectivity index (χ1v) is 6.83. The topological polar surface area (TPSA) is 62.3 Å². The maximum atomic E-state index is 7.43. The number of nitrogens with two attached hydrogens (primary N) is 1. The van der Waals surface area contributed by atoms with Crippen LogP contribution in [0.5, 0.6) is 0 Å². The Labute approximate surface area is 125 Å². The molecule has 0 saturated heterocycles. The molecule has 0 atom stereocenters. The van der Waals surface area contributed by atoms with E-state index in [2.05, 4.69) is 29.2 Å². The highest BCUT2D eigenvalue weighted by Crippen LogP contribution is 2.14. The van der Waals surface area contributed by atoms with Gasteiger partial charge >= 0.3 is 0 Å². The van der Waals surface area contributed by atoms with Gasteiger partial charge in [-0.15, -0.1) is 0 Å². The van der Waals surface area contributed by atoms with Crippen molar-refractivity contribution in [3.05, 3.63) is 65.2 Å². The molecular weight excluding hydrogens is 262 g/mol. The average molecular weight is 283 g/mol. The van der Waals surface area contributed by atoms with Crippen molar-refractivity contribution in [1.82, 2.24) is 0 Å². The highest BCUT2D eigenvalue weighted by atomic mass is 16.5. The molecule has 2 rings (SSSR count). The van der Waals surface area contributed by atoms with Gasteiger partial charge in [0.15, 0.2) is 0 Å². The minimum Gasteiger partial charge on any atom is -0.384 e. The molecule has 0 radical (unpaired) electrons. The van der Waals surface area contributed by atoms with Crippen LogP contribution in [-0.2, 0) is 18.0 Å². The molecule has 0 saturated carbocycles. The molecule has 0 aliphatic rings. The first kappa shape index (κ1) is 15.1. The van der Waals surface area contributed by atoms with Crippen molar-refractivity contribution in [1.29, 1.82) is 5.41 Å². The molecule has 0 fully saturated rings. The molecule has 4 heteroatoms. The fourth-order valence-electron chi connectivity index (χ4n) is 2.01. The van der Waals surface area contributed by atoms with Crippen LogP contribution in [-0.4, -0.2) is 19.9 Å². The molecule has 2 aromatic rings. The second kappa shape index (κ2) is 6.90. The lowest BCUT2D eigenvalue weighted by molar-refractivity contribution is 0.107. The molecule has 0 unspecified atom stereocenters. The highest BCUT2D eigenvalue weighted by Gasteiger charge is 2.00. The highest BCUT2D eigenvalue weighted by molar-refractivity contribution is 5.95. The quantitative estimate of drug-likeness (QED) is 0.633. The zero-order valence-corrected chi connectivity index (χ0v) is 12.5. The Kier molecular flexibility index (Phi) is 4.95. The molecule has 2 aromatic carbocycles. The van der Waals surface area contributed by atoms with Crippen LogP contribution < -0.4 is 10.6 Å². The normalized spacial score (nSPS) is 10.4. The van der Waals surface area contributed by atoms with Crippen LogP contribution in [0.3, 0.4) is 0 Å². The van der Waals surface area contributed by atoms with Crippen LogP contribution in [0, 0.1) is 5.41 Å². The second-order valence-electron chi connectivity index (χ2n) is 5.17. The summed E-state index contributed by atoms with van der Waals surface area (Å²) in [6, 6.07) is 15.9. The van der Waals surface area contributed by atoms with Crippen molar-refractivity contribution in [2.24, 2.45) is 5.73 Å². The standard InChI is InChI=1S/C17H21N3O/c1-20(2)16-8-6-13(7-9-16)11-21-12-14-4-3-5-15(10-14)17(18)19/h3-10H,11-12H2,1-2H3,(H3,18,19). The summed E-state index contributed by atoms with van der Waals surface area (Å²) in [7, 11) is 4.04. The largest absolute Gasteiger partial charge is 0.384 e. The first-order chi connectivity index (χ1) is 10.1. The van der Waals surface area contributed by atoms with Crippen molar-refractivity contribution >= 4 is 11.5 Å². The molecule has 21 heavy (non-hydrogen) atoms. The van der Waals surface area contributed by atoms with Crippen molar-refractivity contribution < 1.29 is 4.74 Å². The molecule has 4 nitrogen and oxygen atoms in total. The van der Waals surface area contributed by atoms with Gasteiger partial charge in [0.1, 0.15) is 5.84 Å². The summed E-state index contributed by atoms with van der Waals surface area (Å²) >= 11 is 0. The third kappa shape index (κ3) is 4.33. The van der Waals surface area contributed by atoms with Crippen LogP contribution in [0.25, 0.3) is 0 Å². The van der Waals surface area contributed by atoms with E-state index in [9.17, 15) is 0 Å². The summed E-state index contributed by atoms with van der Waals surface area (Å²) in [5, 5.41) is 7.43. The van der Waals surface area contributed by atoms with E-state index in [-0.39, 0.29) is 5.84 Å². The van der Waals surface area contributed by atoms with E-state index in [4.69, 9.17) is 15.9 Å². The Morgan fingerprint density at radius 2 is 1.71 bits per heavy atom. The van der Waals surface area contributed by atoms with Gasteiger partial charge in [0.2, 0.25) is 0 Å². The van der Waals surface area contributed by atoms with Crippen molar-refractivity contribution in [3.8, 4) is 0 Å². The molecule has 3 N–H and O–H groups in total. The summed E-state index contributed by atoms with van der Waals surface area (Å²) in [6.07, 6.45) is 0. The van der Waals surface area contributed by atoms with Crippen molar-refractivity contribution in [3.63, 3.8) is 0 Å². The minimum absolute atomic E-state index is 0.0797. The number of ether oxygens (including phenoxy) is 1. The number of anilines is 1. The lowest BCUT2D eigenvalue weighted by Crippen LogP contribution is -2.11. The van der Waals surface area contributed by atoms with Crippen LogP contribution in [0.2, 0.25) is 0 Å². The third-order valence-electron chi connectivity index (χ3n) is 3.23. The van der Waals surface area contributed by atoms with E-state index in [1.54, 1.807) is 0 Å². The third-order valence-corrected chi connectivity index (χ3v) is 3.23. The molecule has 0 aliphatic carbocycles. The van der Waals surface area contributed by atoms with Crippen molar-refractivity contribution in [2.45, 2.75) is 13.2 Å². The molecule has 0 aliphatic heterocycles. The predicted molar refractivity (Wildman–Crippen MR) is 86.7 cm³/mol. The number of amidine groups is 1. The smallest absolute Gasteiger partial charge is 0.122 e. The van der Waals surface area contributed by atoms with Gasteiger partial charge in [-0.05, 0) is 29.3 Å². The lowest BCUT2D eigenvalue weighted by Gasteiger charge is -2.12. The summed E-state index contributed by atoms with van der Waals surface area (Å²) < 4.78 is 5.72. The van der Waals surface area contributed by atoms with E-state index in [0.29, 0.717) is 13.2 Å². The van der Waals surface area contributed by atoms with E-state index in [1.807, 2.05) is 38.4 Å². The van der Waals surface area contributed by atoms with Gasteiger partial charge in [-0.25, -0.2) is 0 Å². The Balaban J connectivity index is 1.89.